The number of aromatic amines is 1. The van der Waals surface area contributed by atoms with Crippen LogP contribution < -0.4 is 5.48 Å². The molecule has 0 fully saturated rings. The van der Waals surface area contributed by atoms with Crippen LogP contribution in [0.5, 0.6) is 0 Å². The van der Waals surface area contributed by atoms with Crippen LogP contribution in [0.1, 0.15) is 87.2 Å². The Morgan fingerprint density at radius 2 is 1.66 bits per heavy atom. The predicted octanol–water partition coefficient (Wildman–Crippen LogP) is 9.84. The summed E-state index contributed by atoms with van der Waals surface area (Å²) in [5.74, 6) is 1.33. The highest BCUT2D eigenvalue weighted by Gasteiger charge is 2.30. The van der Waals surface area contributed by atoms with Crippen molar-refractivity contribution in [2.45, 2.75) is 77.5 Å². The van der Waals surface area contributed by atoms with Gasteiger partial charge in [0.1, 0.15) is 17.8 Å². The van der Waals surface area contributed by atoms with Crippen molar-refractivity contribution in [2.24, 2.45) is 10.1 Å². The van der Waals surface area contributed by atoms with Gasteiger partial charge in [0.05, 0.1) is 18.4 Å². The molecule has 9 heteroatoms. The molecule has 2 N–H and O–H groups in total. The molecule has 0 bridgehead atoms. The summed E-state index contributed by atoms with van der Waals surface area (Å²) in [6.45, 7) is 4.46. The number of nitrogens with one attached hydrogen (secondary N) is 2. The van der Waals surface area contributed by atoms with Gasteiger partial charge < -0.3 is 9.82 Å². The smallest absolute Gasteiger partial charge is 0.388 e. The Labute approximate surface area is 257 Å². The Bertz CT molecular complexity index is 1480. The number of hydrogen-bond acceptors (Lipinski definition) is 4. The zero-order chi connectivity index (χ0) is 31.2. The number of H-pyrrole nitrogens is 1. The van der Waals surface area contributed by atoms with Gasteiger partial charge in [0.2, 0.25) is 0 Å². The number of nitrogens with zero attached hydrogens (tertiary/aromatic N) is 2. The van der Waals surface area contributed by atoms with Gasteiger partial charge in [-0.25, -0.2) is 4.99 Å². The van der Waals surface area contributed by atoms with Gasteiger partial charge in [-0.15, -0.1) is 0 Å². The molecule has 4 aromatic rings. The van der Waals surface area contributed by atoms with E-state index in [1.165, 1.54) is 38.2 Å². The molecule has 1 atom stereocenters. The normalized spacial score (nSPS) is 13.1. The average Bonchev–Trinajstić information content (AvgIpc) is 3.43. The molecule has 0 saturated heterocycles. The lowest BCUT2D eigenvalue weighted by molar-refractivity contribution is -0.137. The molecule has 3 aromatic carbocycles. The Kier molecular flexibility index (Phi) is 12.4. The minimum absolute atomic E-state index is 0.389. The number of hydroxylamine groups is 1. The monoisotopic (exact) mass is 606 g/mol. The second-order valence-electron chi connectivity index (χ2n) is 10.9. The van der Waals surface area contributed by atoms with E-state index < -0.39 is 17.8 Å². The van der Waals surface area contributed by atoms with Crippen LogP contribution in [0.4, 0.5) is 19.0 Å². The average molecular weight is 607 g/mol. The topological polar surface area (TPSA) is 71.0 Å². The van der Waals surface area contributed by atoms with Crippen LogP contribution in [0.15, 0.2) is 89.0 Å². The summed E-state index contributed by atoms with van der Waals surface area (Å²) in [6, 6.07) is 22.8. The van der Waals surface area contributed by atoms with Gasteiger partial charge in [-0.2, -0.15) is 13.2 Å². The number of aromatic nitrogens is 1. The second kappa shape index (κ2) is 16.7. The van der Waals surface area contributed by atoms with E-state index >= 15 is 0 Å². The molecule has 0 aliphatic heterocycles. The van der Waals surface area contributed by atoms with Crippen LogP contribution in [0, 0.1) is 0 Å². The van der Waals surface area contributed by atoms with Gasteiger partial charge in [-0.05, 0) is 54.3 Å². The van der Waals surface area contributed by atoms with Gasteiger partial charge in [0.15, 0.2) is 0 Å². The van der Waals surface area contributed by atoms with E-state index in [0.29, 0.717) is 30.2 Å². The number of hydrogen-bond donors (Lipinski definition) is 2. The van der Waals surface area contributed by atoms with Crippen molar-refractivity contribution < 1.29 is 22.8 Å². The maximum atomic E-state index is 13.1. The molecule has 44 heavy (non-hydrogen) atoms. The van der Waals surface area contributed by atoms with Crippen molar-refractivity contribution in [1.82, 2.24) is 10.5 Å². The molecule has 0 aliphatic rings. The molecule has 1 unspecified atom stereocenters. The molecule has 0 spiro atoms. The van der Waals surface area contributed by atoms with Crippen molar-refractivity contribution in [3.63, 3.8) is 0 Å². The standard InChI is InChI=1S/C35H41F3N4O2/c1-3-4-5-6-7-8-13-21-43-42-34(41-33-24-29-16-11-12-20-32(29)40-33)23-28-15-9-10-17-30(28)25-39-44-26(2)27-18-14-19-31(22-27)35(36,37)38/h9-12,14-20,22,24-26,40H,3-8,13,21,23H2,1-2H3,(H,41,42). The molecule has 0 aliphatic carbocycles. The van der Waals surface area contributed by atoms with Crippen LogP contribution in [0.25, 0.3) is 10.9 Å². The SMILES string of the molecule is CCCCCCCCCONC(Cc1ccccc1C=NOC(C)c1cccc(C(F)(F)F)c1)=Nc1cc2ccccc2[nH]1. The van der Waals surface area contributed by atoms with Gasteiger partial charge >= 0.3 is 6.18 Å². The van der Waals surface area contributed by atoms with Crippen molar-refractivity contribution >= 4 is 28.8 Å². The van der Waals surface area contributed by atoms with E-state index in [-0.39, 0.29) is 0 Å². The van der Waals surface area contributed by atoms with Crippen LogP contribution in [0.2, 0.25) is 0 Å². The van der Waals surface area contributed by atoms with Crippen molar-refractivity contribution in [2.75, 3.05) is 6.61 Å². The zero-order valence-corrected chi connectivity index (χ0v) is 25.4. The quantitative estimate of drug-likeness (QED) is 0.0577. The molecule has 0 saturated carbocycles. The lowest BCUT2D eigenvalue weighted by Crippen LogP contribution is -2.26. The number of fused-ring (bicyclic) bond motifs is 1. The molecule has 4 rings (SSSR count). The fraction of sp³-hybridized carbons (Fsp3) is 0.371. The van der Waals surface area contributed by atoms with Crippen LogP contribution >= 0.6 is 0 Å². The highest BCUT2D eigenvalue weighted by molar-refractivity contribution is 5.91. The Balaban J connectivity index is 1.42. The Morgan fingerprint density at radius 3 is 2.45 bits per heavy atom. The van der Waals surface area contributed by atoms with E-state index in [0.717, 1.165) is 47.0 Å². The summed E-state index contributed by atoms with van der Waals surface area (Å²) in [7, 11) is 0. The first-order chi connectivity index (χ1) is 21.3. The summed E-state index contributed by atoms with van der Waals surface area (Å²) < 4.78 is 39.4. The first kappa shape index (κ1) is 32.8. The third kappa shape index (κ3) is 10.3. The van der Waals surface area contributed by atoms with E-state index in [1.807, 2.05) is 54.6 Å². The fourth-order valence-corrected chi connectivity index (χ4v) is 4.84. The van der Waals surface area contributed by atoms with Gasteiger partial charge in [-0.1, -0.05) is 105 Å². The summed E-state index contributed by atoms with van der Waals surface area (Å²) in [5.41, 5.74) is 5.46. The molecular weight excluding hydrogens is 565 g/mol. The number of aliphatic imine (C=N–C) groups is 1. The zero-order valence-electron chi connectivity index (χ0n) is 25.4. The maximum absolute atomic E-state index is 13.1. The van der Waals surface area contributed by atoms with Gasteiger partial charge in [0, 0.05) is 17.3 Å². The lowest BCUT2D eigenvalue weighted by atomic mass is 10.1. The first-order valence-electron chi connectivity index (χ1n) is 15.3. The van der Waals surface area contributed by atoms with Crippen LogP contribution in [-0.4, -0.2) is 23.6 Å². The van der Waals surface area contributed by atoms with Crippen molar-refractivity contribution in [3.8, 4) is 0 Å². The van der Waals surface area contributed by atoms with Crippen molar-refractivity contribution in [3.05, 3.63) is 101 Å². The van der Waals surface area contributed by atoms with Gasteiger partial charge in [0.25, 0.3) is 0 Å². The molecule has 1 aromatic heterocycles. The summed E-state index contributed by atoms with van der Waals surface area (Å²) in [4.78, 5) is 19.6. The maximum Gasteiger partial charge on any atom is 0.416 e. The number of oxime groups is 1. The van der Waals surface area contributed by atoms with Crippen molar-refractivity contribution in [1.29, 1.82) is 0 Å². The summed E-state index contributed by atoms with van der Waals surface area (Å²) in [6.07, 6.45) is 5.28. The molecule has 234 valence electrons. The van der Waals surface area contributed by atoms with E-state index in [2.05, 4.69) is 22.5 Å². The molecule has 0 radical (unpaired) electrons. The summed E-state index contributed by atoms with van der Waals surface area (Å²) in [5, 5.41) is 5.17. The lowest BCUT2D eigenvalue weighted by Gasteiger charge is -2.13. The predicted molar refractivity (Wildman–Crippen MR) is 171 cm³/mol. The van der Waals surface area contributed by atoms with Gasteiger partial charge in [-0.3, -0.25) is 10.3 Å². The second-order valence-corrected chi connectivity index (χ2v) is 10.9. The molecule has 0 amide bonds. The minimum Gasteiger partial charge on any atom is -0.388 e. The molecule has 1 heterocycles. The van der Waals surface area contributed by atoms with E-state index in [1.54, 1.807) is 19.2 Å². The number of alkyl halides is 3. The van der Waals surface area contributed by atoms with E-state index in [4.69, 9.17) is 14.7 Å². The molecular formula is C35H41F3N4O2. The number of halogens is 3. The number of benzene rings is 3. The molecule has 6 nitrogen and oxygen atoms in total. The largest absolute Gasteiger partial charge is 0.416 e. The van der Waals surface area contributed by atoms with Crippen LogP contribution in [-0.2, 0) is 22.3 Å². The minimum atomic E-state index is -4.42. The van der Waals surface area contributed by atoms with Crippen LogP contribution in [0.3, 0.4) is 0 Å². The fourth-order valence-electron chi connectivity index (χ4n) is 4.84. The third-order valence-electron chi connectivity index (χ3n) is 7.32. The first-order valence-corrected chi connectivity index (χ1v) is 15.3. The van der Waals surface area contributed by atoms with E-state index in [9.17, 15) is 13.2 Å². The highest BCUT2D eigenvalue weighted by atomic mass is 19.4. The number of unbranched alkanes of at least 4 members (excludes halogenated alkanes) is 6. The summed E-state index contributed by atoms with van der Waals surface area (Å²) >= 11 is 0. The Hall–Kier alpha value is -4.11. The third-order valence-corrected chi connectivity index (χ3v) is 7.32. The number of para-hydroxylation sites is 1. The Morgan fingerprint density at radius 1 is 0.909 bits per heavy atom. The number of rotatable bonds is 16. The number of amidine groups is 1. The highest BCUT2D eigenvalue weighted by Crippen LogP contribution is 2.31.